The zero-order valence-corrected chi connectivity index (χ0v) is 13.1. The molecule has 0 fully saturated rings. The van der Waals surface area contributed by atoms with Gasteiger partial charge in [0.25, 0.3) is 0 Å². The maximum Gasteiger partial charge on any atom is 0.207 e. The van der Waals surface area contributed by atoms with Gasteiger partial charge in [-0.15, -0.1) is 11.3 Å². The molecule has 3 aromatic rings. The van der Waals surface area contributed by atoms with E-state index in [0.29, 0.717) is 16.3 Å². The molecule has 0 saturated heterocycles. The highest BCUT2D eigenvalue weighted by atomic mass is 32.1. The molecule has 23 heavy (non-hydrogen) atoms. The normalized spacial score (nSPS) is 11.4. The molecule has 0 saturated carbocycles. The molecule has 0 spiro atoms. The van der Waals surface area contributed by atoms with Gasteiger partial charge in [0.05, 0.1) is 41.3 Å². The molecule has 0 unspecified atom stereocenters. The molecule has 0 aliphatic carbocycles. The Morgan fingerprint density at radius 1 is 1.22 bits per heavy atom. The van der Waals surface area contributed by atoms with Crippen molar-refractivity contribution >= 4 is 28.8 Å². The summed E-state index contributed by atoms with van der Waals surface area (Å²) >= 11 is 2.17. The number of aromatic nitrogens is 3. The van der Waals surface area contributed by atoms with Gasteiger partial charge in [0, 0.05) is 10.9 Å². The number of thiazole rings is 1. The number of rotatable bonds is 4. The Morgan fingerprint density at radius 2 is 2.00 bits per heavy atom. The lowest BCUT2D eigenvalue weighted by Gasteiger charge is -2.01. The Labute approximate surface area is 139 Å². The van der Waals surface area contributed by atoms with E-state index < -0.39 is 11.7 Å². The summed E-state index contributed by atoms with van der Waals surface area (Å²) in [4.78, 5) is 16.7. The van der Waals surface area contributed by atoms with Crippen molar-refractivity contribution in [1.82, 2.24) is 13.7 Å². The molecule has 8 heteroatoms. The third kappa shape index (κ3) is 2.99. The van der Waals surface area contributed by atoms with Gasteiger partial charge in [-0.1, -0.05) is 12.1 Å². The van der Waals surface area contributed by atoms with E-state index in [-0.39, 0.29) is 5.69 Å². The standard InChI is InChI=1S/C15H7N5OS2/c16-5-9-1-3-10(4-2-9)13-8-22-15(19-13)11(6-17)14(21)12-7-18-23-20-12/h1-4,7-8,11H/t11-/m1/s1. The quantitative estimate of drug-likeness (QED) is 0.678. The van der Waals surface area contributed by atoms with E-state index in [1.165, 1.54) is 17.5 Å². The highest BCUT2D eigenvalue weighted by Gasteiger charge is 2.26. The largest absolute Gasteiger partial charge is 0.290 e. The van der Waals surface area contributed by atoms with Crippen LogP contribution in [0.1, 0.15) is 27.0 Å². The molecule has 0 amide bonds. The molecule has 0 aliphatic heterocycles. The summed E-state index contributed by atoms with van der Waals surface area (Å²) in [5, 5.41) is 20.3. The summed E-state index contributed by atoms with van der Waals surface area (Å²) in [5.41, 5.74) is 2.23. The second kappa shape index (κ2) is 6.44. The summed E-state index contributed by atoms with van der Waals surface area (Å²) in [7, 11) is 0. The monoisotopic (exact) mass is 337 g/mol. The topological polar surface area (TPSA) is 103 Å². The molecule has 0 aliphatic rings. The maximum absolute atomic E-state index is 12.3. The number of hydrogen-bond donors (Lipinski definition) is 0. The average Bonchev–Trinajstić information content (AvgIpc) is 3.27. The molecule has 2 aromatic heterocycles. The van der Waals surface area contributed by atoms with Crippen molar-refractivity contribution < 1.29 is 4.79 Å². The average molecular weight is 337 g/mol. The zero-order valence-electron chi connectivity index (χ0n) is 11.5. The van der Waals surface area contributed by atoms with Crippen LogP contribution in [0, 0.1) is 22.7 Å². The zero-order chi connectivity index (χ0) is 16.2. The summed E-state index contributed by atoms with van der Waals surface area (Å²) in [6.45, 7) is 0. The molecule has 0 radical (unpaired) electrons. The lowest BCUT2D eigenvalue weighted by atomic mass is 10.0. The Morgan fingerprint density at radius 3 is 2.61 bits per heavy atom. The number of hydrogen-bond acceptors (Lipinski definition) is 8. The van der Waals surface area contributed by atoms with Crippen molar-refractivity contribution in [3.63, 3.8) is 0 Å². The molecule has 3 rings (SSSR count). The number of nitriles is 2. The number of nitrogens with zero attached hydrogens (tertiary/aromatic N) is 5. The fourth-order valence-corrected chi connectivity index (χ4v) is 3.20. The predicted molar refractivity (Wildman–Crippen MR) is 84.9 cm³/mol. The van der Waals surface area contributed by atoms with Gasteiger partial charge in [-0.3, -0.25) is 4.79 Å². The van der Waals surface area contributed by atoms with E-state index in [9.17, 15) is 10.1 Å². The highest BCUT2D eigenvalue weighted by molar-refractivity contribution is 7.10. The van der Waals surface area contributed by atoms with Crippen molar-refractivity contribution in [2.24, 2.45) is 0 Å². The van der Waals surface area contributed by atoms with Crippen LogP contribution in [-0.4, -0.2) is 19.5 Å². The smallest absolute Gasteiger partial charge is 0.207 e. The Kier molecular flexibility index (Phi) is 4.20. The van der Waals surface area contributed by atoms with Crippen LogP contribution in [0.4, 0.5) is 0 Å². The number of ketones is 1. The van der Waals surface area contributed by atoms with E-state index in [4.69, 9.17) is 5.26 Å². The van der Waals surface area contributed by atoms with E-state index in [2.05, 4.69) is 19.8 Å². The minimum atomic E-state index is -0.990. The fraction of sp³-hybridized carbons (Fsp3) is 0.0667. The first-order chi connectivity index (χ1) is 11.2. The van der Waals surface area contributed by atoms with E-state index in [1.807, 2.05) is 6.07 Å². The summed E-state index contributed by atoms with van der Waals surface area (Å²) in [6, 6.07) is 11.0. The first-order valence-corrected chi connectivity index (χ1v) is 8.01. The molecule has 1 atom stereocenters. The Hall–Kier alpha value is -2.94. The number of Topliss-reactive ketones (excluding diaryl/α,β-unsaturated/α-hetero) is 1. The van der Waals surface area contributed by atoms with Crippen LogP contribution in [-0.2, 0) is 0 Å². The summed E-state index contributed by atoms with van der Waals surface area (Å²) in [6.07, 6.45) is 1.35. The minimum absolute atomic E-state index is 0.177. The van der Waals surface area contributed by atoms with E-state index >= 15 is 0 Å². The van der Waals surface area contributed by atoms with Crippen LogP contribution in [0.5, 0.6) is 0 Å². The lowest BCUT2D eigenvalue weighted by Crippen LogP contribution is -2.11. The van der Waals surface area contributed by atoms with Crippen molar-refractivity contribution in [1.29, 1.82) is 10.5 Å². The van der Waals surface area contributed by atoms with Crippen LogP contribution in [0.15, 0.2) is 35.8 Å². The van der Waals surface area contributed by atoms with Crippen molar-refractivity contribution in [3.8, 4) is 23.4 Å². The van der Waals surface area contributed by atoms with Gasteiger partial charge >= 0.3 is 0 Å². The third-order valence-corrected chi connectivity index (χ3v) is 4.47. The molecule has 0 N–H and O–H groups in total. The number of carbonyl (C=O) groups is 1. The second-order valence-corrected chi connectivity index (χ2v) is 5.93. The summed E-state index contributed by atoms with van der Waals surface area (Å²) in [5.74, 6) is -1.39. The lowest BCUT2D eigenvalue weighted by molar-refractivity contribution is 0.0975. The number of carbonyl (C=O) groups excluding carboxylic acids is 1. The fourth-order valence-electron chi connectivity index (χ4n) is 1.92. The van der Waals surface area contributed by atoms with Gasteiger partial charge in [0.1, 0.15) is 10.7 Å². The third-order valence-electron chi connectivity index (χ3n) is 3.08. The maximum atomic E-state index is 12.3. The Bertz CT molecular complexity index is 916. The second-order valence-electron chi connectivity index (χ2n) is 4.48. The van der Waals surface area contributed by atoms with E-state index in [1.54, 1.807) is 29.6 Å². The molecule has 1 aromatic carbocycles. The molecule has 0 bridgehead atoms. The van der Waals surface area contributed by atoms with Crippen molar-refractivity contribution in [2.45, 2.75) is 5.92 Å². The van der Waals surface area contributed by atoms with E-state index in [0.717, 1.165) is 17.3 Å². The Balaban J connectivity index is 1.89. The van der Waals surface area contributed by atoms with Gasteiger partial charge in [-0.2, -0.15) is 19.3 Å². The summed E-state index contributed by atoms with van der Waals surface area (Å²) < 4.78 is 7.65. The van der Waals surface area contributed by atoms with Crippen molar-refractivity contribution in [2.75, 3.05) is 0 Å². The van der Waals surface area contributed by atoms with Gasteiger partial charge in [-0.05, 0) is 12.1 Å². The SMILES string of the molecule is N#Cc1ccc(-c2csc([C@H](C#N)C(=O)c3cnsn3)n2)cc1. The number of benzene rings is 1. The first kappa shape index (κ1) is 15.0. The molecule has 2 heterocycles. The van der Waals surface area contributed by atoms with Crippen LogP contribution in [0.25, 0.3) is 11.3 Å². The molecule has 110 valence electrons. The highest BCUT2D eigenvalue weighted by Crippen LogP contribution is 2.28. The van der Waals surface area contributed by atoms with Gasteiger partial charge in [0.2, 0.25) is 5.78 Å². The van der Waals surface area contributed by atoms with Gasteiger partial charge in [0.15, 0.2) is 5.92 Å². The predicted octanol–water partition coefficient (Wildman–Crippen LogP) is 3.02. The minimum Gasteiger partial charge on any atom is -0.290 e. The van der Waals surface area contributed by atoms with Gasteiger partial charge < -0.3 is 0 Å². The van der Waals surface area contributed by atoms with Crippen molar-refractivity contribution in [3.05, 3.63) is 52.1 Å². The van der Waals surface area contributed by atoms with Crippen LogP contribution < -0.4 is 0 Å². The molecule has 6 nitrogen and oxygen atoms in total. The van der Waals surface area contributed by atoms with Crippen LogP contribution in [0.3, 0.4) is 0 Å². The van der Waals surface area contributed by atoms with Gasteiger partial charge in [-0.25, -0.2) is 4.98 Å². The molecular weight excluding hydrogens is 330 g/mol. The van der Waals surface area contributed by atoms with Crippen LogP contribution in [0.2, 0.25) is 0 Å². The first-order valence-electron chi connectivity index (χ1n) is 6.40. The van der Waals surface area contributed by atoms with Crippen LogP contribution >= 0.6 is 23.1 Å². The molecular formula is C15H7N5OS2.